The molecule has 2 atom stereocenters. The van der Waals surface area contributed by atoms with Crippen LogP contribution < -0.4 is 10.2 Å². The molecule has 0 aromatic rings. The molecule has 0 bridgehead atoms. The van der Waals surface area contributed by atoms with Crippen LogP contribution in [0.4, 0.5) is 0 Å². The molecule has 0 aliphatic carbocycles. The molecule has 0 saturated carbocycles. The van der Waals surface area contributed by atoms with E-state index < -0.39 is 22.8 Å². The number of carbonyl (C=O) groups is 2. The van der Waals surface area contributed by atoms with Gasteiger partial charge in [0.25, 0.3) is 0 Å². The molecule has 5 heteroatoms. The summed E-state index contributed by atoms with van der Waals surface area (Å²) in [7, 11) is 0. The maximum atomic E-state index is 11.4. The SMILES string of the molecule is CCCCCCCCCCC(C)(C(=O)[O-])C(C)(C)C.CCCCCCCCCCC(C)(C(=O)[O-])C(C)(C)C.[Ca+2]. The van der Waals surface area contributed by atoms with Crippen LogP contribution in [0.2, 0.25) is 0 Å². The second-order valence-corrected chi connectivity index (χ2v) is 14.2. The number of rotatable bonds is 20. The van der Waals surface area contributed by atoms with Crippen molar-refractivity contribution in [3.8, 4) is 0 Å². The number of carbonyl (C=O) groups excluding carboxylic acids is 2. The Morgan fingerprint density at radius 1 is 0.436 bits per heavy atom. The normalized spacial score (nSPS) is 14.8. The molecule has 0 N–H and O–H groups in total. The fourth-order valence-corrected chi connectivity index (χ4v) is 4.79. The van der Waals surface area contributed by atoms with Crippen LogP contribution in [-0.2, 0) is 9.59 Å². The molecule has 0 heterocycles. The fraction of sp³-hybridized carbons (Fsp3) is 0.941. The summed E-state index contributed by atoms with van der Waals surface area (Å²) in [6.07, 6.45) is 21.4. The van der Waals surface area contributed by atoms with Crippen LogP contribution in [0, 0.1) is 21.7 Å². The summed E-state index contributed by atoms with van der Waals surface area (Å²) in [6, 6.07) is 0. The number of unbranched alkanes of at least 4 members (excludes halogenated alkanes) is 14. The number of hydrogen-bond acceptors (Lipinski definition) is 4. The summed E-state index contributed by atoms with van der Waals surface area (Å²) < 4.78 is 0. The van der Waals surface area contributed by atoms with Gasteiger partial charge in [0.2, 0.25) is 0 Å². The molecule has 0 radical (unpaired) electrons. The van der Waals surface area contributed by atoms with Gasteiger partial charge in [-0.15, -0.1) is 0 Å². The van der Waals surface area contributed by atoms with Gasteiger partial charge in [0.05, 0.1) is 0 Å². The first-order valence-corrected chi connectivity index (χ1v) is 15.9. The van der Waals surface area contributed by atoms with E-state index in [9.17, 15) is 19.8 Å². The molecule has 0 rings (SSSR count). The van der Waals surface area contributed by atoms with Crippen LogP contribution >= 0.6 is 0 Å². The first-order valence-electron chi connectivity index (χ1n) is 15.9. The first kappa shape index (κ1) is 43.7. The van der Waals surface area contributed by atoms with Crippen molar-refractivity contribution in [1.82, 2.24) is 0 Å². The second kappa shape index (κ2) is 22.8. The van der Waals surface area contributed by atoms with Crippen molar-refractivity contribution in [2.24, 2.45) is 21.7 Å². The minimum Gasteiger partial charge on any atom is -0.550 e. The predicted octanol–water partition coefficient (Wildman–Crippen LogP) is 8.26. The Morgan fingerprint density at radius 3 is 0.821 bits per heavy atom. The molecule has 2 unspecified atom stereocenters. The molecule has 0 aromatic heterocycles. The van der Waals surface area contributed by atoms with Crippen molar-refractivity contribution in [2.75, 3.05) is 0 Å². The Bertz CT molecular complexity index is 566. The number of hydrogen-bond donors (Lipinski definition) is 0. The molecule has 0 aromatic carbocycles. The maximum Gasteiger partial charge on any atom is 2.00 e. The second-order valence-electron chi connectivity index (χ2n) is 14.2. The first-order chi connectivity index (χ1) is 17.5. The van der Waals surface area contributed by atoms with Crippen molar-refractivity contribution in [3.05, 3.63) is 0 Å². The Labute approximate surface area is 274 Å². The van der Waals surface area contributed by atoms with Gasteiger partial charge in [0.1, 0.15) is 0 Å². The quantitative estimate of drug-likeness (QED) is 0.108. The number of carboxylic acids is 2. The summed E-state index contributed by atoms with van der Waals surface area (Å²) in [5, 5.41) is 22.8. The average molecular weight is 579 g/mol. The van der Waals surface area contributed by atoms with Crippen LogP contribution in [0.3, 0.4) is 0 Å². The molecule has 0 fully saturated rings. The van der Waals surface area contributed by atoms with Gasteiger partial charge in [-0.05, 0) is 23.7 Å². The maximum absolute atomic E-state index is 11.4. The van der Waals surface area contributed by atoms with Crippen molar-refractivity contribution < 1.29 is 19.8 Å². The van der Waals surface area contributed by atoms with E-state index in [1.807, 2.05) is 55.4 Å². The van der Waals surface area contributed by atoms with E-state index in [1.165, 1.54) is 77.0 Å². The van der Waals surface area contributed by atoms with Crippen molar-refractivity contribution in [3.63, 3.8) is 0 Å². The van der Waals surface area contributed by atoms with Gasteiger partial charge in [-0.2, -0.15) is 0 Å². The van der Waals surface area contributed by atoms with Crippen LogP contribution in [0.5, 0.6) is 0 Å². The van der Waals surface area contributed by atoms with Gasteiger partial charge in [0.15, 0.2) is 0 Å². The third-order valence-electron chi connectivity index (χ3n) is 9.27. The smallest absolute Gasteiger partial charge is 0.550 e. The molecule has 0 amide bonds. The van der Waals surface area contributed by atoms with Gasteiger partial charge in [-0.1, -0.05) is 172 Å². The predicted molar refractivity (Wildman–Crippen MR) is 165 cm³/mol. The number of aliphatic carboxylic acids is 2. The Hall–Kier alpha value is 0.200. The zero-order chi connectivity index (χ0) is 29.9. The largest absolute Gasteiger partial charge is 2.00 e. The summed E-state index contributed by atoms with van der Waals surface area (Å²) >= 11 is 0. The molecule has 4 nitrogen and oxygen atoms in total. The standard InChI is InChI=1S/2C17H34O2.Ca/c2*1-6-7-8-9-10-11-12-13-14-17(5,15(18)19)16(2,3)4;/h2*6-14H2,1-5H3,(H,18,19);/q;;+2/p-2. The zero-order valence-electron chi connectivity index (χ0n) is 28.1. The molecule has 0 saturated heterocycles. The van der Waals surface area contributed by atoms with Gasteiger partial charge < -0.3 is 19.8 Å². The third-order valence-corrected chi connectivity index (χ3v) is 9.27. The van der Waals surface area contributed by atoms with E-state index >= 15 is 0 Å². The van der Waals surface area contributed by atoms with E-state index in [1.54, 1.807) is 0 Å². The van der Waals surface area contributed by atoms with Crippen LogP contribution in [0.25, 0.3) is 0 Å². The minimum absolute atomic E-state index is 0. The molecule has 0 aliphatic rings. The molecule has 0 spiro atoms. The summed E-state index contributed by atoms with van der Waals surface area (Å²) in [5.41, 5.74) is -1.91. The van der Waals surface area contributed by atoms with E-state index in [2.05, 4.69) is 13.8 Å². The molecular weight excluding hydrogens is 512 g/mol. The summed E-state index contributed by atoms with van der Waals surface area (Å²) in [4.78, 5) is 22.8. The van der Waals surface area contributed by atoms with E-state index in [4.69, 9.17) is 0 Å². The van der Waals surface area contributed by atoms with Crippen LogP contribution in [0.15, 0.2) is 0 Å². The zero-order valence-corrected chi connectivity index (χ0v) is 30.3. The molecule has 228 valence electrons. The Morgan fingerprint density at radius 2 is 0.641 bits per heavy atom. The van der Waals surface area contributed by atoms with E-state index in [-0.39, 0.29) is 48.6 Å². The van der Waals surface area contributed by atoms with E-state index in [0.29, 0.717) is 0 Å². The van der Waals surface area contributed by atoms with E-state index in [0.717, 1.165) is 38.5 Å². The summed E-state index contributed by atoms with van der Waals surface area (Å²) in [5.74, 6) is -1.80. The van der Waals surface area contributed by atoms with Crippen LogP contribution in [0.1, 0.15) is 185 Å². The van der Waals surface area contributed by atoms with Crippen LogP contribution in [-0.4, -0.2) is 49.7 Å². The Balaban J connectivity index is -0.000000648. The van der Waals surface area contributed by atoms with Crippen molar-refractivity contribution in [1.29, 1.82) is 0 Å². The molecule has 39 heavy (non-hydrogen) atoms. The topological polar surface area (TPSA) is 80.3 Å². The molecular formula is C34H66CaO4. The van der Waals surface area contributed by atoms with Crippen molar-refractivity contribution >= 4 is 49.7 Å². The third kappa shape index (κ3) is 18.4. The van der Waals surface area contributed by atoms with Crippen molar-refractivity contribution in [2.45, 2.75) is 185 Å². The van der Waals surface area contributed by atoms with Gasteiger partial charge in [-0.25, -0.2) is 0 Å². The van der Waals surface area contributed by atoms with Gasteiger partial charge in [-0.3, -0.25) is 0 Å². The van der Waals surface area contributed by atoms with Gasteiger partial charge in [0, 0.05) is 22.8 Å². The minimum atomic E-state index is -0.900. The fourth-order valence-electron chi connectivity index (χ4n) is 4.79. The Kier molecular flexibility index (Phi) is 25.5. The average Bonchev–Trinajstić information content (AvgIpc) is 2.80. The van der Waals surface area contributed by atoms with Gasteiger partial charge >= 0.3 is 37.7 Å². The number of carboxylic acid groups (broad SMARTS) is 2. The monoisotopic (exact) mass is 578 g/mol. The summed E-state index contributed by atoms with van der Waals surface area (Å²) in [6.45, 7) is 20.1. The molecule has 0 aliphatic heterocycles.